The van der Waals surface area contributed by atoms with Gasteiger partial charge in [0.2, 0.25) is 0 Å². The Kier molecular flexibility index (Phi) is 6.92. The molecule has 0 saturated carbocycles. The minimum atomic E-state index is -4.91. The summed E-state index contributed by atoms with van der Waals surface area (Å²) in [5.41, 5.74) is -0.0815. The molecule has 3 aromatic carbocycles. The summed E-state index contributed by atoms with van der Waals surface area (Å²) < 4.78 is 96.3. The topological polar surface area (TPSA) is 32.7 Å². The lowest BCUT2D eigenvalue weighted by molar-refractivity contribution is -0.274. The molecular weight excluding hydrogens is 491 g/mol. The van der Waals surface area contributed by atoms with Crippen molar-refractivity contribution in [2.45, 2.75) is 30.5 Å². The smallest absolute Gasteiger partial charge is 0.406 e. The third kappa shape index (κ3) is 5.43. The molecule has 2 atom stereocenters. The number of aliphatic hydroxyl groups excluding tert-OH is 1. The zero-order valence-electron chi connectivity index (χ0n) is 18.8. The summed E-state index contributed by atoms with van der Waals surface area (Å²) in [6.07, 6.45) is -10.8. The van der Waals surface area contributed by atoms with E-state index in [1.165, 1.54) is 24.3 Å². The lowest BCUT2D eigenvalue weighted by Crippen LogP contribution is -2.40. The van der Waals surface area contributed by atoms with Crippen LogP contribution in [0.4, 0.5) is 36.4 Å². The second kappa shape index (κ2) is 9.65. The van der Waals surface area contributed by atoms with E-state index in [9.17, 15) is 35.8 Å². The molecule has 0 fully saturated rings. The minimum absolute atomic E-state index is 0.0304. The summed E-state index contributed by atoms with van der Waals surface area (Å²) in [4.78, 5) is 1.69. The van der Waals surface area contributed by atoms with Gasteiger partial charge in [-0.1, -0.05) is 48.5 Å². The molecule has 3 nitrogen and oxygen atoms in total. The molecule has 1 heterocycles. The Hall–Kier alpha value is -3.27. The molecular formula is C26H22F7NO2. The van der Waals surface area contributed by atoms with E-state index in [1.54, 1.807) is 35.2 Å². The zero-order valence-corrected chi connectivity index (χ0v) is 18.8. The molecule has 4 rings (SSSR count). The highest BCUT2D eigenvalue weighted by atomic mass is 19.4. The number of fused-ring (bicyclic) bond motifs is 1. The third-order valence-corrected chi connectivity index (χ3v) is 6.21. The average molecular weight is 513 g/mol. The Morgan fingerprint density at radius 3 is 2.33 bits per heavy atom. The Morgan fingerprint density at radius 1 is 0.917 bits per heavy atom. The van der Waals surface area contributed by atoms with Crippen LogP contribution in [0.5, 0.6) is 5.75 Å². The van der Waals surface area contributed by atoms with Crippen molar-refractivity contribution >= 4 is 5.69 Å². The fraction of sp³-hybridized carbons (Fsp3) is 0.308. The summed E-state index contributed by atoms with van der Waals surface area (Å²) in [7, 11) is 0. The maximum absolute atomic E-state index is 13.6. The first kappa shape index (κ1) is 25.8. The monoisotopic (exact) mass is 513 g/mol. The van der Waals surface area contributed by atoms with E-state index in [0.29, 0.717) is 22.4 Å². The van der Waals surface area contributed by atoms with Crippen LogP contribution in [0.1, 0.15) is 22.3 Å². The van der Waals surface area contributed by atoms with Gasteiger partial charge in [0.1, 0.15) is 12.4 Å². The highest BCUT2D eigenvalue weighted by Gasteiger charge is 2.45. The molecule has 1 N–H and O–H groups in total. The molecule has 0 bridgehead atoms. The molecule has 0 saturated heterocycles. The van der Waals surface area contributed by atoms with E-state index in [0.717, 1.165) is 18.2 Å². The quantitative estimate of drug-likeness (QED) is 0.378. The van der Waals surface area contributed by atoms with Gasteiger partial charge >= 0.3 is 12.5 Å². The van der Waals surface area contributed by atoms with Gasteiger partial charge in [0.05, 0.1) is 11.7 Å². The maximum Gasteiger partial charge on any atom is 0.573 e. The van der Waals surface area contributed by atoms with E-state index in [-0.39, 0.29) is 19.5 Å². The lowest BCUT2D eigenvalue weighted by Gasteiger charge is -2.33. The van der Waals surface area contributed by atoms with E-state index in [4.69, 9.17) is 0 Å². The fourth-order valence-corrected chi connectivity index (χ4v) is 4.81. The second-order valence-corrected chi connectivity index (χ2v) is 8.74. The molecule has 36 heavy (non-hydrogen) atoms. The third-order valence-electron chi connectivity index (χ3n) is 6.21. The number of para-hydroxylation sites is 1. The van der Waals surface area contributed by atoms with E-state index in [1.807, 2.05) is 0 Å². The molecule has 192 valence electrons. The van der Waals surface area contributed by atoms with Crippen LogP contribution in [-0.4, -0.2) is 37.3 Å². The summed E-state index contributed by atoms with van der Waals surface area (Å²) in [5, 5.41) is 9.98. The molecule has 3 aromatic rings. The van der Waals surface area contributed by atoms with E-state index >= 15 is 0 Å². The summed E-state index contributed by atoms with van der Waals surface area (Å²) >= 11 is 0. The first-order valence-electron chi connectivity index (χ1n) is 11.0. The van der Waals surface area contributed by atoms with Crippen LogP contribution in [0.3, 0.4) is 0 Å². The predicted octanol–water partition coefficient (Wildman–Crippen LogP) is 6.28. The summed E-state index contributed by atoms with van der Waals surface area (Å²) in [6.45, 7) is -1.04. The summed E-state index contributed by atoms with van der Waals surface area (Å²) in [6, 6.07) is 17.0. The van der Waals surface area contributed by atoms with Gasteiger partial charge in [-0.15, -0.1) is 13.2 Å². The van der Waals surface area contributed by atoms with Gasteiger partial charge in [-0.3, -0.25) is 0 Å². The van der Waals surface area contributed by atoms with Crippen molar-refractivity contribution in [2.24, 2.45) is 0 Å². The molecule has 1 aliphatic heterocycles. The van der Waals surface area contributed by atoms with Crippen molar-refractivity contribution in [3.63, 3.8) is 0 Å². The molecule has 1 aliphatic rings. The van der Waals surface area contributed by atoms with Crippen LogP contribution < -0.4 is 9.64 Å². The molecule has 0 amide bonds. The number of halogens is 7. The predicted molar refractivity (Wildman–Crippen MR) is 120 cm³/mol. The Labute approximate surface area is 202 Å². The van der Waals surface area contributed by atoms with Crippen molar-refractivity contribution in [2.75, 3.05) is 24.7 Å². The van der Waals surface area contributed by atoms with Crippen LogP contribution in [0.15, 0.2) is 72.8 Å². The van der Waals surface area contributed by atoms with Gasteiger partial charge in [0, 0.05) is 24.2 Å². The van der Waals surface area contributed by atoms with Gasteiger partial charge in [-0.25, -0.2) is 4.39 Å². The van der Waals surface area contributed by atoms with Crippen LogP contribution in [0.2, 0.25) is 0 Å². The Morgan fingerprint density at radius 2 is 1.64 bits per heavy atom. The molecule has 0 spiro atoms. The van der Waals surface area contributed by atoms with Gasteiger partial charge in [-0.05, 0) is 47.4 Å². The first-order valence-corrected chi connectivity index (χ1v) is 11.0. The Balaban J connectivity index is 1.86. The number of aliphatic hydroxyl groups is 1. The van der Waals surface area contributed by atoms with Crippen LogP contribution >= 0.6 is 0 Å². The summed E-state index contributed by atoms with van der Waals surface area (Å²) in [5.74, 6) is -0.449. The highest BCUT2D eigenvalue weighted by molar-refractivity contribution is 5.67. The SMILES string of the molecule is O[C@@H](CF)CN1CC(Cc2cccc(OC(F)(F)F)c2)(c2cccc(C(F)(F)F)c2)c2ccccc21. The molecule has 0 radical (unpaired) electrons. The van der Waals surface area contributed by atoms with Gasteiger partial charge < -0.3 is 14.7 Å². The first-order chi connectivity index (χ1) is 16.9. The normalized spacial score (nSPS) is 18.7. The number of β-amino-alcohol motifs (C(OH)–C–C–N with tert-alkyl or cyclic N) is 1. The second-order valence-electron chi connectivity index (χ2n) is 8.74. The zero-order chi connectivity index (χ0) is 26.1. The van der Waals surface area contributed by atoms with E-state index < -0.39 is 42.0 Å². The van der Waals surface area contributed by atoms with E-state index in [2.05, 4.69) is 4.74 Å². The van der Waals surface area contributed by atoms with Crippen molar-refractivity contribution in [1.82, 2.24) is 0 Å². The van der Waals surface area contributed by atoms with Gasteiger partial charge in [0.25, 0.3) is 0 Å². The largest absolute Gasteiger partial charge is 0.573 e. The molecule has 1 unspecified atom stereocenters. The van der Waals surface area contributed by atoms with Crippen molar-refractivity contribution in [3.05, 3.63) is 95.1 Å². The fourth-order valence-electron chi connectivity index (χ4n) is 4.81. The molecule has 10 heteroatoms. The number of hydrogen-bond acceptors (Lipinski definition) is 3. The van der Waals surface area contributed by atoms with Gasteiger partial charge in [0.15, 0.2) is 0 Å². The highest BCUT2D eigenvalue weighted by Crippen LogP contribution is 2.48. The van der Waals surface area contributed by atoms with Crippen molar-refractivity contribution in [3.8, 4) is 5.75 Å². The minimum Gasteiger partial charge on any atom is -0.406 e. The van der Waals surface area contributed by atoms with Crippen molar-refractivity contribution < 1.29 is 40.6 Å². The number of benzene rings is 3. The lowest BCUT2D eigenvalue weighted by atomic mass is 9.71. The Bertz CT molecular complexity index is 1210. The standard InChI is InChI=1S/C26H22F7NO2/c27-14-20(35)15-34-16-24(22-9-1-2-10-23(22)34,18-6-4-7-19(12-18)25(28,29)30)13-17-5-3-8-21(11-17)36-26(31,32)33/h1-12,20,35H,13-16H2/t20-,24?/m0/s1. The van der Waals surface area contributed by atoms with Gasteiger partial charge in [-0.2, -0.15) is 13.2 Å². The number of hydrogen-bond donors (Lipinski definition) is 1. The molecule has 0 aliphatic carbocycles. The van der Waals surface area contributed by atoms with Crippen LogP contribution in [-0.2, 0) is 18.0 Å². The van der Waals surface area contributed by atoms with Crippen molar-refractivity contribution in [1.29, 1.82) is 0 Å². The number of anilines is 1. The number of alkyl halides is 7. The van der Waals surface area contributed by atoms with Crippen LogP contribution in [0.25, 0.3) is 0 Å². The average Bonchev–Trinajstić information content (AvgIpc) is 3.12. The number of nitrogens with zero attached hydrogens (tertiary/aromatic N) is 1. The molecule has 0 aromatic heterocycles. The number of ether oxygens (including phenoxy) is 1. The number of rotatable bonds is 7. The van der Waals surface area contributed by atoms with Crippen LogP contribution in [0, 0.1) is 0 Å². The maximum atomic E-state index is 13.6.